The van der Waals surface area contributed by atoms with E-state index in [0.29, 0.717) is 17.2 Å². The number of esters is 1. The molecule has 0 saturated carbocycles. The van der Waals surface area contributed by atoms with Crippen molar-refractivity contribution >= 4 is 40.8 Å². The quantitative estimate of drug-likeness (QED) is 0.0497. The van der Waals surface area contributed by atoms with Gasteiger partial charge in [-0.25, -0.2) is 4.79 Å². The van der Waals surface area contributed by atoms with E-state index in [-0.39, 0.29) is 11.4 Å². The zero-order valence-electron chi connectivity index (χ0n) is 35.3. The maximum absolute atomic E-state index is 13.0. The minimum atomic E-state index is -0.837. The van der Waals surface area contributed by atoms with Gasteiger partial charge in [0.1, 0.15) is 23.0 Å². The number of benzene rings is 7. The van der Waals surface area contributed by atoms with Crippen LogP contribution in [0.4, 0.5) is 21.9 Å². The number of carbonyl (C=O) groups excluding carboxylic acids is 2. The summed E-state index contributed by atoms with van der Waals surface area (Å²) in [5.74, 6) is 1.63. The van der Waals surface area contributed by atoms with Gasteiger partial charge in [-0.05, 0) is 145 Å². The number of aryl methyl sites for hydroxylation is 2. The summed E-state index contributed by atoms with van der Waals surface area (Å²) in [5.41, 5.74) is 11.4. The van der Waals surface area contributed by atoms with Gasteiger partial charge in [0, 0.05) is 29.4 Å². The summed E-state index contributed by atoms with van der Waals surface area (Å²) >= 11 is 0. The third-order valence-corrected chi connectivity index (χ3v) is 11.0. The van der Waals surface area contributed by atoms with E-state index in [9.17, 15) is 9.59 Å². The molecule has 0 spiro atoms. The molecule has 0 fully saturated rings. The van der Waals surface area contributed by atoms with Crippen LogP contribution in [-0.4, -0.2) is 19.2 Å². The fourth-order valence-electron chi connectivity index (χ4n) is 7.26. The second-order valence-electron chi connectivity index (χ2n) is 15.2. The van der Waals surface area contributed by atoms with Crippen LogP contribution in [0.3, 0.4) is 0 Å². The second kappa shape index (κ2) is 18.7. The molecule has 0 heterocycles. The third kappa shape index (κ3) is 10.1. The first kappa shape index (κ1) is 41.8. The Hall–Kier alpha value is -7.38. The van der Waals surface area contributed by atoms with Gasteiger partial charge < -0.3 is 23.8 Å². The number of nitrogens with zero attached hydrogens (tertiary/aromatic N) is 1. The summed E-state index contributed by atoms with van der Waals surface area (Å²) in [6.07, 6.45) is 2.14. The van der Waals surface area contributed by atoms with Crippen molar-refractivity contribution in [3.63, 3.8) is 0 Å². The van der Waals surface area contributed by atoms with Gasteiger partial charge in [0.15, 0.2) is 0 Å². The highest BCUT2D eigenvalue weighted by Crippen LogP contribution is 2.38. The molecule has 0 aliphatic carbocycles. The van der Waals surface area contributed by atoms with Crippen LogP contribution in [0.1, 0.15) is 66.1 Å². The Morgan fingerprint density at radius 2 is 0.902 bits per heavy atom. The van der Waals surface area contributed by atoms with Gasteiger partial charge in [0.05, 0.1) is 7.11 Å². The van der Waals surface area contributed by atoms with Crippen molar-refractivity contribution in [3.8, 4) is 23.0 Å². The first-order valence-corrected chi connectivity index (χ1v) is 20.3. The number of carbonyl (C=O) groups is 2. The first-order valence-electron chi connectivity index (χ1n) is 20.3. The summed E-state index contributed by atoms with van der Waals surface area (Å²) in [4.78, 5) is 26.6. The normalized spacial score (nSPS) is 12.2. The van der Waals surface area contributed by atoms with Crippen molar-refractivity contribution in [2.24, 2.45) is 0 Å². The van der Waals surface area contributed by atoms with Crippen LogP contribution in [0.15, 0.2) is 170 Å². The minimum Gasteiger partial charge on any atom is -0.497 e. The summed E-state index contributed by atoms with van der Waals surface area (Å²) in [6.45, 7) is 9.85. The Morgan fingerprint density at radius 1 is 0.525 bits per heavy atom. The zero-order valence-corrected chi connectivity index (χ0v) is 35.3. The zero-order chi connectivity index (χ0) is 42.9. The molecule has 0 N–H and O–H groups in total. The van der Waals surface area contributed by atoms with Gasteiger partial charge in [-0.1, -0.05) is 110 Å². The molecule has 7 aromatic carbocycles. The maximum Gasteiger partial charge on any atom is 0.519 e. The molecule has 7 nitrogen and oxygen atoms in total. The van der Waals surface area contributed by atoms with Crippen LogP contribution in [0, 0.1) is 13.8 Å². The van der Waals surface area contributed by atoms with E-state index in [0.717, 1.165) is 62.6 Å². The number of anilines is 3. The van der Waals surface area contributed by atoms with Crippen LogP contribution in [0.2, 0.25) is 0 Å². The standard InChI is InChI=1S/C54H49NO6/c1-7-54(5,43-18-32-49(33-19-43)59-39(4)56)44-20-34-51(35-21-44)61-53(57)60-50-30-16-42(17-31-50)52(41-14-28-48(58-6)29-15-41)36-40-12-26-47(27-13-40)55(45-22-8-37(2)9-23-45)46-24-10-38(3)11-25-46/h8-36H,7H2,1-6H3. The lowest BCUT2D eigenvalue weighted by Crippen LogP contribution is -2.22. The van der Waals surface area contributed by atoms with Gasteiger partial charge in [0.2, 0.25) is 0 Å². The van der Waals surface area contributed by atoms with Crippen LogP contribution < -0.4 is 23.8 Å². The smallest absolute Gasteiger partial charge is 0.497 e. The molecule has 0 radical (unpaired) electrons. The Labute approximate surface area is 358 Å². The molecule has 1 atom stereocenters. The van der Waals surface area contributed by atoms with E-state index in [2.05, 4.69) is 111 Å². The maximum atomic E-state index is 13.0. The van der Waals surface area contributed by atoms with Crippen molar-refractivity contribution in [2.75, 3.05) is 12.0 Å². The van der Waals surface area contributed by atoms with Crippen LogP contribution in [-0.2, 0) is 10.2 Å². The number of hydrogen-bond donors (Lipinski definition) is 0. The largest absolute Gasteiger partial charge is 0.519 e. The van der Waals surface area contributed by atoms with Gasteiger partial charge in [-0.15, -0.1) is 0 Å². The lowest BCUT2D eigenvalue weighted by molar-refractivity contribution is -0.131. The van der Waals surface area contributed by atoms with E-state index in [1.807, 2.05) is 60.7 Å². The Kier molecular flexibility index (Phi) is 12.8. The molecule has 0 aromatic heterocycles. The molecule has 0 amide bonds. The highest BCUT2D eigenvalue weighted by atomic mass is 16.7. The SMILES string of the molecule is CCC(C)(c1ccc(OC(C)=O)cc1)c1ccc(OC(=O)Oc2ccc(C(=Cc3ccc(N(c4ccc(C)cc4)c4ccc(C)cc4)cc3)c3ccc(OC)cc3)cc2)cc1. The molecule has 306 valence electrons. The molecule has 7 heteroatoms. The molecule has 0 aliphatic heterocycles. The van der Waals surface area contributed by atoms with Gasteiger partial charge in [0.25, 0.3) is 0 Å². The number of methoxy groups -OCH3 is 1. The van der Waals surface area contributed by atoms with Gasteiger partial charge in [-0.3, -0.25) is 4.79 Å². The number of ether oxygens (including phenoxy) is 4. The molecule has 1 unspecified atom stereocenters. The third-order valence-electron chi connectivity index (χ3n) is 11.0. The number of rotatable bonds is 13. The summed E-state index contributed by atoms with van der Waals surface area (Å²) in [6, 6.07) is 56.0. The Bertz CT molecular complexity index is 2550. The monoisotopic (exact) mass is 807 g/mol. The molecular weight excluding hydrogens is 759 g/mol. The van der Waals surface area contributed by atoms with E-state index in [1.54, 1.807) is 43.5 Å². The summed E-state index contributed by atoms with van der Waals surface area (Å²) in [7, 11) is 1.65. The van der Waals surface area contributed by atoms with Crippen LogP contribution in [0.5, 0.6) is 23.0 Å². The van der Waals surface area contributed by atoms with Crippen molar-refractivity contribution < 1.29 is 28.5 Å². The molecule has 0 bridgehead atoms. The molecule has 7 aromatic rings. The summed E-state index contributed by atoms with van der Waals surface area (Å²) < 4.78 is 21.9. The van der Waals surface area contributed by atoms with Gasteiger partial charge in [-0.2, -0.15) is 0 Å². The van der Waals surface area contributed by atoms with E-state index in [4.69, 9.17) is 18.9 Å². The van der Waals surface area contributed by atoms with E-state index >= 15 is 0 Å². The molecule has 0 aliphatic rings. The predicted octanol–water partition coefficient (Wildman–Crippen LogP) is 13.6. The van der Waals surface area contributed by atoms with Crippen molar-refractivity contribution in [3.05, 3.63) is 209 Å². The topological polar surface area (TPSA) is 74.3 Å². The number of hydrogen-bond acceptors (Lipinski definition) is 7. The second-order valence-corrected chi connectivity index (χ2v) is 15.2. The van der Waals surface area contributed by atoms with Crippen molar-refractivity contribution in [2.45, 2.75) is 46.5 Å². The lowest BCUT2D eigenvalue weighted by Gasteiger charge is -2.30. The highest BCUT2D eigenvalue weighted by molar-refractivity contribution is 5.92. The molecular formula is C54H49NO6. The fraction of sp³-hybridized carbons (Fsp3) is 0.148. The van der Waals surface area contributed by atoms with E-state index in [1.165, 1.54) is 18.1 Å². The Balaban J connectivity index is 1.08. The minimum absolute atomic E-state index is 0.317. The first-order chi connectivity index (χ1) is 29.5. The highest BCUT2D eigenvalue weighted by Gasteiger charge is 2.27. The Morgan fingerprint density at radius 3 is 1.30 bits per heavy atom. The molecule has 7 rings (SSSR count). The van der Waals surface area contributed by atoms with Gasteiger partial charge >= 0.3 is 12.1 Å². The fourth-order valence-corrected chi connectivity index (χ4v) is 7.26. The lowest BCUT2D eigenvalue weighted by atomic mass is 9.74. The predicted molar refractivity (Wildman–Crippen MR) is 245 cm³/mol. The van der Waals surface area contributed by atoms with E-state index < -0.39 is 6.16 Å². The summed E-state index contributed by atoms with van der Waals surface area (Å²) in [5, 5.41) is 0. The molecule has 0 saturated heterocycles. The average molecular weight is 808 g/mol. The van der Waals surface area contributed by atoms with Crippen LogP contribution in [0.25, 0.3) is 11.6 Å². The van der Waals surface area contributed by atoms with Crippen molar-refractivity contribution in [1.82, 2.24) is 0 Å². The van der Waals surface area contributed by atoms with Crippen molar-refractivity contribution in [1.29, 1.82) is 0 Å². The molecule has 61 heavy (non-hydrogen) atoms. The average Bonchev–Trinajstić information content (AvgIpc) is 3.28. The van der Waals surface area contributed by atoms with Crippen LogP contribution >= 0.6 is 0 Å².